The standard InChI is InChI=1S/C13H16O4/c1-3-11(14)8-13(15)17-9-10-5-4-6-12(7-10)16-2/h4-7H,3,8-9H2,1-2H3. The third-order valence-electron chi connectivity index (χ3n) is 2.27. The molecule has 4 nitrogen and oxygen atoms in total. The van der Waals surface area contributed by atoms with Gasteiger partial charge in [-0.2, -0.15) is 0 Å². The Morgan fingerprint density at radius 2 is 2.06 bits per heavy atom. The highest BCUT2D eigenvalue weighted by atomic mass is 16.5. The van der Waals surface area contributed by atoms with Crippen molar-refractivity contribution >= 4 is 11.8 Å². The van der Waals surface area contributed by atoms with Gasteiger partial charge in [-0.15, -0.1) is 0 Å². The van der Waals surface area contributed by atoms with Crippen LogP contribution in [0.25, 0.3) is 0 Å². The molecule has 0 aliphatic rings. The van der Waals surface area contributed by atoms with Gasteiger partial charge in [-0.05, 0) is 17.7 Å². The number of carbonyl (C=O) groups is 2. The summed E-state index contributed by atoms with van der Waals surface area (Å²) in [6.07, 6.45) is 0.203. The summed E-state index contributed by atoms with van der Waals surface area (Å²) in [6, 6.07) is 7.25. The molecule has 17 heavy (non-hydrogen) atoms. The molecule has 0 unspecified atom stereocenters. The molecule has 0 aliphatic heterocycles. The molecule has 0 N–H and O–H groups in total. The lowest BCUT2D eigenvalue weighted by atomic mass is 10.2. The number of carbonyl (C=O) groups excluding carboxylic acids is 2. The second-order valence-electron chi connectivity index (χ2n) is 3.58. The van der Waals surface area contributed by atoms with Crippen LogP contribution in [0.3, 0.4) is 0 Å². The molecular formula is C13H16O4. The number of esters is 1. The van der Waals surface area contributed by atoms with Gasteiger partial charge in [-0.3, -0.25) is 9.59 Å². The average Bonchev–Trinajstić information content (AvgIpc) is 2.36. The van der Waals surface area contributed by atoms with Gasteiger partial charge in [0.1, 0.15) is 24.6 Å². The van der Waals surface area contributed by atoms with Gasteiger partial charge < -0.3 is 9.47 Å². The molecule has 0 aromatic heterocycles. The van der Waals surface area contributed by atoms with Crippen molar-refractivity contribution in [3.05, 3.63) is 29.8 Å². The van der Waals surface area contributed by atoms with Crippen molar-refractivity contribution in [2.75, 3.05) is 7.11 Å². The van der Waals surface area contributed by atoms with E-state index in [1.165, 1.54) is 0 Å². The predicted octanol–water partition coefficient (Wildman–Crippen LogP) is 2.11. The zero-order valence-corrected chi connectivity index (χ0v) is 10.1. The number of methoxy groups -OCH3 is 1. The fraction of sp³-hybridized carbons (Fsp3) is 0.385. The van der Waals surface area contributed by atoms with Crippen LogP contribution < -0.4 is 4.74 Å². The molecule has 0 radical (unpaired) electrons. The number of ether oxygens (including phenoxy) is 2. The molecule has 0 atom stereocenters. The zero-order valence-electron chi connectivity index (χ0n) is 10.1. The predicted molar refractivity (Wildman–Crippen MR) is 62.7 cm³/mol. The van der Waals surface area contributed by atoms with Gasteiger partial charge in [-0.25, -0.2) is 0 Å². The Bertz CT molecular complexity index is 398. The molecule has 92 valence electrons. The highest BCUT2D eigenvalue weighted by Crippen LogP contribution is 2.13. The molecule has 4 heteroatoms. The number of Topliss-reactive ketones (excluding diaryl/α,β-unsaturated/α-hetero) is 1. The van der Waals surface area contributed by atoms with E-state index in [0.717, 1.165) is 5.56 Å². The summed E-state index contributed by atoms with van der Waals surface area (Å²) in [6.45, 7) is 1.88. The van der Waals surface area contributed by atoms with Crippen LogP contribution in [-0.4, -0.2) is 18.9 Å². The third-order valence-corrected chi connectivity index (χ3v) is 2.27. The monoisotopic (exact) mass is 236 g/mol. The van der Waals surface area contributed by atoms with Crippen molar-refractivity contribution in [3.63, 3.8) is 0 Å². The molecule has 0 heterocycles. The molecule has 1 aromatic carbocycles. The van der Waals surface area contributed by atoms with Crippen LogP contribution in [0.15, 0.2) is 24.3 Å². The van der Waals surface area contributed by atoms with Crippen LogP contribution >= 0.6 is 0 Å². The van der Waals surface area contributed by atoms with Crippen molar-refractivity contribution in [1.82, 2.24) is 0 Å². The van der Waals surface area contributed by atoms with Gasteiger partial charge in [0.15, 0.2) is 0 Å². The summed E-state index contributed by atoms with van der Waals surface area (Å²) >= 11 is 0. The Hall–Kier alpha value is -1.84. The number of benzene rings is 1. The maximum Gasteiger partial charge on any atom is 0.313 e. The number of hydrogen-bond donors (Lipinski definition) is 0. The Kier molecular flexibility index (Phi) is 5.20. The molecule has 0 spiro atoms. The molecule has 0 aliphatic carbocycles. The minimum atomic E-state index is -0.486. The number of rotatable bonds is 6. The first-order valence-corrected chi connectivity index (χ1v) is 5.46. The average molecular weight is 236 g/mol. The van der Waals surface area contributed by atoms with Crippen molar-refractivity contribution in [2.45, 2.75) is 26.4 Å². The summed E-state index contributed by atoms with van der Waals surface area (Å²) < 4.78 is 10.0. The summed E-state index contributed by atoms with van der Waals surface area (Å²) in [7, 11) is 1.57. The van der Waals surface area contributed by atoms with Crippen LogP contribution in [0.1, 0.15) is 25.3 Å². The molecule has 0 amide bonds. The van der Waals surface area contributed by atoms with E-state index in [2.05, 4.69) is 0 Å². The zero-order chi connectivity index (χ0) is 12.7. The first-order chi connectivity index (χ1) is 8.15. The van der Waals surface area contributed by atoms with Gasteiger partial charge in [-0.1, -0.05) is 19.1 Å². The molecule has 0 saturated carbocycles. The normalized spacial score (nSPS) is 9.76. The SMILES string of the molecule is CCC(=O)CC(=O)OCc1cccc(OC)c1. The Morgan fingerprint density at radius 3 is 2.71 bits per heavy atom. The van der Waals surface area contributed by atoms with E-state index in [0.29, 0.717) is 12.2 Å². The molecular weight excluding hydrogens is 220 g/mol. The van der Waals surface area contributed by atoms with Crippen LogP contribution in [0.4, 0.5) is 0 Å². The smallest absolute Gasteiger partial charge is 0.313 e. The lowest BCUT2D eigenvalue weighted by molar-refractivity contribution is -0.147. The van der Waals surface area contributed by atoms with E-state index in [1.54, 1.807) is 20.1 Å². The topological polar surface area (TPSA) is 52.6 Å². The van der Waals surface area contributed by atoms with E-state index < -0.39 is 5.97 Å². The maximum absolute atomic E-state index is 11.3. The van der Waals surface area contributed by atoms with Crippen LogP contribution in [0, 0.1) is 0 Å². The fourth-order valence-corrected chi connectivity index (χ4v) is 1.26. The van der Waals surface area contributed by atoms with Crippen LogP contribution in [-0.2, 0) is 20.9 Å². The van der Waals surface area contributed by atoms with Gasteiger partial charge in [0.2, 0.25) is 0 Å². The molecule has 0 fully saturated rings. The quantitative estimate of drug-likeness (QED) is 0.560. The molecule has 0 saturated heterocycles. The van der Waals surface area contributed by atoms with Crippen LogP contribution in [0.2, 0.25) is 0 Å². The largest absolute Gasteiger partial charge is 0.497 e. The fourth-order valence-electron chi connectivity index (χ4n) is 1.26. The van der Waals surface area contributed by atoms with Gasteiger partial charge >= 0.3 is 5.97 Å². The number of ketones is 1. The highest BCUT2D eigenvalue weighted by Gasteiger charge is 2.08. The molecule has 0 bridgehead atoms. The lowest BCUT2D eigenvalue weighted by Gasteiger charge is -2.05. The van der Waals surface area contributed by atoms with Gasteiger partial charge in [0, 0.05) is 6.42 Å². The van der Waals surface area contributed by atoms with E-state index in [9.17, 15) is 9.59 Å². The van der Waals surface area contributed by atoms with Crippen molar-refractivity contribution in [2.24, 2.45) is 0 Å². The molecule has 1 rings (SSSR count). The van der Waals surface area contributed by atoms with E-state index in [4.69, 9.17) is 9.47 Å². The van der Waals surface area contributed by atoms with E-state index >= 15 is 0 Å². The minimum Gasteiger partial charge on any atom is -0.497 e. The highest BCUT2D eigenvalue weighted by molar-refractivity contribution is 5.95. The van der Waals surface area contributed by atoms with Gasteiger partial charge in [0.25, 0.3) is 0 Å². The lowest BCUT2D eigenvalue weighted by Crippen LogP contribution is -2.10. The molecule has 1 aromatic rings. The minimum absolute atomic E-state index is 0.111. The van der Waals surface area contributed by atoms with Gasteiger partial charge in [0.05, 0.1) is 7.11 Å². The van der Waals surface area contributed by atoms with E-state index in [-0.39, 0.29) is 18.8 Å². The first kappa shape index (κ1) is 13.2. The second-order valence-corrected chi connectivity index (χ2v) is 3.58. The first-order valence-electron chi connectivity index (χ1n) is 5.46. The summed E-state index contributed by atoms with van der Waals surface area (Å²) in [5.41, 5.74) is 0.835. The Balaban J connectivity index is 2.44. The summed E-state index contributed by atoms with van der Waals surface area (Å²) in [4.78, 5) is 22.3. The maximum atomic E-state index is 11.3. The third kappa shape index (κ3) is 4.68. The Labute approximate surface area is 101 Å². The van der Waals surface area contributed by atoms with Crippen LogP contribution in [0.5, 0.6) is 5.75 Å². The van der Waals surface area contributed by atoms with Crippen molar-refractivity contribution in [1.29, 1.82) is 0 Å². The second kappa shape index (κ2) is 6.68. The van der Waals surface area contributed by atoms with E-state index in [1.807, 2.05) is 18.2 Å². The summed E-state index contributed by atoms with van der Waals surface area (Å²) in [5.74, 6) is 0.114. The van der Waals surface area contributed by atoms with Crippen molar-refractivity contribution < 1.29 is 19.1 Å². The Morgan fingerprint density at radius 1 is 1.29 bits per heavy atom. The summed E-state index contributed by atoms with van der Waals surface area (Å²) in [5, 5.41) is 0. The number of hydrogen-bond acceptors (Lipinski definition) is 4. The van der Waals surface area contributed by atoms with Crippen molar-refractivity contribution in [3.8, 4) is 5.75 Å².